The van der Waals surface area contributed by atoms with Crippen LogP contribution in [0.2, 0.25) is 0 Å². The molecule has 2 heterocycles. The average molecular weight is 218 g/mol. The topological polar surface area (TPSA) is 53.6 Å². The third-order valence-electron chi connectivity index (χ3n) is 2.36. The van der Waals surface area contributed by atoms with Gasteiger partial charge >= 0.3 is 0 Å². The number of H-pyrrole nitrogens is 1. The van der Waals surface area contributed by atoms with Gasteiger partial charge < -0.3 is 10.3 Å². The van der Waals surface area contributed by atoms with Gasteiger partial charge in [-0.25, -0.2) is 9.97 Å². The molecule has 0 saturated carbocycles. The fourth-order valence-corrected chi connectivity index (χ4v) is 1.71. The van der Waals surface area contributed by atoms with E-state index in [4.69, 9.17) is 0 Å². The summed E-state index contributed by atoms with van der Waals surface area (Å²) in [5, 5.41) is 4.43. The van der Waals surface area contributed by atoms with Crippen LogP contribution in [-0.2, 0) is 6.42 Å². The van der Waals surface area contributed by atoms with E-state index in [0.29, 0.717) is 6.04 Å². The second-order valence-corrected chi connectivity index (χ2v) is 4.28. The minimum atomic E-state index is 0.377. The van der Waals surface area contributed by atoms with Crippen molar-refractivity contribution in [1.82, 2.24) is 15.0 Å². The molecule has 0 amide bonds. The number of fused-ring (bicyclic) bond motifs is 1. The van der Waals surface area contributed by atoms with Gasteiger partial charge in [0.05, 0.1) is 5.39 Å². The van der Waals surface area contributed by atoms with Crippen molar-refractivity contribution >= 4 is 16.9 Å². The first-order chi connectivity index (χ1) is 7.70. The molecule has 4 heteroatoms. The molecule has 0 unspecified atom stereocenters. The number of aryl methyl sites for hydroxylation is 1. The quantitative estimate of drug-likeness (QED) is 0.829. The Hall–Kier alpha value is -1.58. The van der Waals surface area contributed by atoms with Crippen molar-refractivity contribution < 1.29 is 0 Å². The molecular weight excluding hydrogens is 200 g/mol. The summed E-state index contributed by atoms with van der Waals surface area (Å²) < 4.78 is 0. The number of aromatic amines is 1. The van der Waals surface area contributed by atoms with Crippen molar-refractivity contribution in [2.24, 2.45) is 0 Å². The Labute approximate surface area is 95.5 Å². The number of nitrogens with zero attached hydrogens (tertiary/aromatic N) is 2. The molecule has 4 nitrogen and oxygen atoms in total. The maximum atomic E-state index is 4.56. The van der Waals surface area contributed by atoms with Crippen LogP contribution >= 0.6 is 0 Å². The van der Waals surface area contributed by atoms with Crippen LogP contribution in [0, 0.1) is 0 Å². The van der Waals surface area contributed by atoms with Gasteiger partial charge in [0, 0.05) is 18.7 Å². The Morgan fingerprint density at radius 1 is 1.38 bits per heavy atom. The van der Waals surface area contributed by atoms with Crippen LogP contribution in [0.3, 0.4) is 0 Å². The maximum Gasteiger partial charge on any atom is 0.143 e. The fraction of sp³-hybridized carbons (Fsp3) is 0.500. The summed E-state index contributed by atoms with van der Waals surface area (Å²) >= 11 is 0. The molecule has 0 fully saturated rings. The molecule has 2 rings (SSSR count). The summed E-state index contributed by atoms with van der Waals surface area (Å²) in [4.78, 5) is 12.2. The minimum absolute atomic E-state index is 0.377. The van der Waals surface area contributed by atoms with Crippen LogP contribution in [0.4, 0.5) is 5.82 Å². The van der Waals surface area contributed by atoms with E-state index in [1.54, 1.807) is 0 Å². The molecular formula is C12H18N4. The summed E-state index contributed by atoms with van der Waals surface area (Å²) in [6, 6.07) is 2.39. The van der Waals surface area contributed by atoms with Gasteiger partial charge in [-0.3, -0.25) is 0 Å². The highest BCUT2D eigenvalue weighted by Crippen LogP contribution is 2.20. The van der Waals surface area contributed by atoms with E-state index < -0.39 is 0 Å². The van der Waals surface area contributed by atoms with Crippen LogP contribution < -0.4 is 5.32 Å². The van der Waals surface area contributed by atoms with E-state index in [9.17, 15) is 0 Å². The van der Waals surface area contributed by atoms with Crippen LogP contribution in [-0.4, -0.2) is 21.0 Å². The molecule has 0 atom stereocenters. The predicted molar refractivity (Wildman–Crippen MR) is 66.6 cm³/mol. The molecule has 0 spiro atoms. The standard InChI is InChI=1S/C12H18N4/c1-4-5-10-15-11-9(6-7-13-11)12(16-10)14-8(2)3/h6-8H,4-5H2,1-3H3,(H2,13,14,15,16). The first-order valence-electron chi connectivity index (χ1n) is 5.81. The number of hydrogen-bond donors (Lipinski definition) is 2. The molecule has 0 bridgehead atoms. The lowest BCUT2D eigenvalue weighted by Crippen LogP contribution is -2.12. The monoisotopic (exact) mass is 218 g/mol. The van der Waals surface area contributed by atoms with Crippen LogP contribution in [0.15, 0.2) is 12.3 Å². The van der Waals surface area contributed by atoms with Crippen LogP contribution in [0.25, 0.3) is 11.0 Å². The highest BCUT2D eigenvalue weighted by atomic mass is 15.1. The molecule has 2 aromatic rings. The third kappa shape index (κ3) is 2.15. The molecule has 0 radical (unpaired) electrons. The second-order valence-electron chi connectivity index (χ2n) is 4.28. The molecule has 2 aromatic heterocycles. The number of rotatable bonds is 4. The molecule has 2 N–H and O–H groups in total. The number of aromatic nitrogens is 3. The van der Waals surface area contributed by atoms with E-state index >= 15 is 0 Å². The normalized spacial score (nSPS) is 11.2. The minimum Gasteiger partial charge on any atom is -0.367 e. The van der Waals surface area contributed by atoms with Crippen molar-refractivity contribution in [3.63, 3.8) is 0 Å². The Morgan fingerprint density at radius 2 is 2.19 bits per heavy atom. The molecule has 0 aromatic carbocycles. The Morgan fingerprint density at radius 3 is 2.88 bits per heavy atom. The molecule has 86 valence electrons. The zero-order chi connectivity index (χ0) is 11.5. The van der Waals surface area contributed by atoms with Crippen molar-refractivity contribution in [3.05, 3.63) is 18.1 Å². The van der Waals surface area contributed by atoms with Gasteiger partial charge in [-0.15, -0.1) is 0 Å². The van der Waals surface area contributed by atoms with E-state index in [0.717, 1.165) is 35.5 Å². The van der Waals surface area contributed by atoms with E-state index in [2.05, 4.69) is 41.0 Å². The summed E-state index contributed by atoms with van der Waals surface area (Å²) in [5.74, 6) is 1.84. The molecule has 0 aliphatic heterocycles. The number of hydrogen-bond acceptors (Lipinski definition) is 3. The average Bonchev–Trinajstić information content (AvgIpc) is 2.65. The Kier molecular flexibility index (Phi) is 3.08. The van der Waals surface area contributed by atoms with E-state index in [1.165, 1.54) is 0 Å². The highest BCUT2D eigenvalue weighted by Gasteiger charge is 2.08. The largest absolute Gasteiger partial charge is 0.367 e. The molecule has 0 aliphatic carbocycles. The number of anilines is 1. The zero-order valence-corrected chi connectivity index (χ0v) is 10.0. The van der Waals surface area contributed by atoms with Gasteiger partial charge in [-0.05, 0) is 26.3 Å². The van der Waals surface area contributed by atoms with Gasteiger partial charge in [0.15, 0.2) is 0 Å². The molecule has 16 heavy (non-hydrogen) atoms. The van der Waals surface area contributed by atoms with Crippen molar-refractivity contribution in [2.45, 2.75) is 39.7 Å². The lowest BCUT2D eigenvalue weighted by Gasteiger charge is -2.11. The predicted octanol–water partition coefficient (Wildman–Crippen LogP) is 2.73. The number of nitrogens with one attached hydrogen (secondary N) is 2. The van der Waals surface area contributed by atoms with Crippen molar-refractivity contribution in [3.8, 4) is 0 Å². The molecule has 0 aliphatic rings. The summed E-state index contributed by atoms with van der Waals surface area (Å²) in [7, 11) is 0. The zero-order valence-electron chi connectivity index (χ0n) is 10.0. The summed E-state index contributed by atoms with van der Waals surface area (Å²) in [6.45, 7) is 6.36. The van der Waals surface area contributed by atoms with Crippen molar-refractivity contribution in [2.75, 3.05) is 5.32 Å². The Balaban J connectivity index is 2.46. The SMILES string of the molecule is CCCc1nc(NC(C)C)c2cc[nH]c2n1. The smallest absolute Gasteiger partial charge is 0.143 e. The Bertz CT molecular complexity index is 473. The first-order valence-corrected chi connectivity index (χ1v) is 5.81. The fourth-order valence-electron chi connectivity index (χ4n) is 1.71. The van der Waals surface area contributed by atoms with Gasteiger partial charge in [-0.1, -0.05) is 6.92 Å². The molecule has 0 saturated heterocycles. The lowest BCUT2D eigenvalue weighted by atomic mass is 10.3. The van der Waals surface area contributed by atoms with Gasteiger partial charge in [0.25, 0.3) is 0 Å². The highest BCUT2D eigenvalue weighted by molar-refractivity contribution is 5.87. The van der Waals surface area contributed by atoms with Gasteiger partial charge in [0.2, 0.25) is 0 Å². The summed E-state index contributed by atoms with van der Waals surface area (Å²) in [6.07, 6.45) is 3.88. The third-order valence-corrected chi connectivity index (χ3v) is 2.36. The van der Waals surface area contributed by atoms with Crippen molar-refractivity contribution in [1.29, 1.82) is 0 Å². The van der Waals surface area contributed by atoms with Gasteiger partial charge in [0.1, 0.15) is 17.3 Å². The first kappa shape index (κ1) is 10.9. The lowest BCUT2D eigenvalue weighted by molar-refractivity contribution is 0.831. The second kappa shape index (κ2) is 4.51. The maximum absolute atomic E-state index is 4.56. The summed E-state index contributed by atoms with van der Waals surface area (Å²) in [5.41, 5.74) is 0.918. The van der Waals surface area contributed by atoms with Crippen LogP contribution in [0.1, 0.15) is 33.0 Å². The van der Waals surface area contributed by atoms with Gasteiger partial charge in [-0.2, -0.15) is 0 Å². The van der Waals surface area contributed by atoms with Crippen LogP contribution in [0.5, 0.6) is 0 Å². The van der Waals surface area contributed by atoms with E-state index in [-0.39, 0.29) is 0 Å². The van der Waals surface area contributed by atoms with E-state index in [1.807, 2.05) is 12.3 Å².